The summed E-state index contributed by atoms with van der Waals surface area (Å²) in [6.07, 6.45) is 0.732. The average molecular weight is 435 g/mol. The number of aliphatic hydroxyl groups is 1. The van der Waals surface area contributed by atoms with E-state index >= 15 is 0 Å². The Hall–Kier alpha value is -3.98. The number of aromatic nitrogens is 1. The Morgan fingerprint density at radius 1 is 1.12 bits per heavy atom. The average Bonchev–Trinajstić information content (AvgIpc) is 3.05. The van der Waals surface area contributed by atoms with Gasteiger partial charge in [0.25, 0.3) is 0 Å². The zero-order valence-electron chi connectivity index (χ0n) is 17.9. The van der Waals surface area contributed by atoms with Crippen molar-refractivity contribution in [3.8, 4) is 0 Å². The van der Waals surface area contributed by atoms with Crippen molar-refractivity contribution in [2.45, 2.75) is 26.0 Å². The second-order valence-corrected chi connectivity index (χ2v) is 7.50. The van der Waals surface area contributed by atoms with Crippen LogP contribution in [-0.4, -0.2) is 39.3 Å². The Bertz CT molecular complexity index is 1210. The molecule has 0 fully saturated rings. The summed E-state index contributed by atoms with van der Waals surface area (Å²) in [6.45, 7) is 1.67. The van der Waals surface area contributed by atoms with E-state index in [1.54, 1.807) is 36.4 Å². The van der Waals surface area contributed by atoms with Crippen LogP contribution in [0.3, 0.4) is 0 Å². The SMILES string of the molecule is CC(O)C(=NCc1ccc(C(=N)N)cc1)OC(=O)Cc1cn(C)c2ccc(C(=N)N)cc12. The molecule has 0 aliphatic rings. The number of carbonyl (C=O) groups excluding carboxylic acids is 1. The summed E-state index contributed by atoms with van der Waals surface area (Å²) in [5, 5.41) is 25.9. The van der Waals surface area contributed by atoms with Crippen molar-refractivity contribution in [1.82, 2.24) is 4.57 Å². The standard InChI is InChI=1S/C23H26N6O3/c1-13(30)23(28-11-14-3-5-15(6-4-14)21(24)25)32-20(31)10-17-12-29(2)19-8-7-16(22(26)27)9-18(17)19/h3-9,12-13,30H,10-11H2,1-2H3,(H3,24,25)(H3,26,27). The Balaban J connectivity index is 1.75. The highest BCUT2D eigenvalue weighted by Crippen LogP contribution is 2.23. The van der Waals surface area contributed by atoms with Crippen LogP contribution in [0.15, 0.2) is 53.7 Å². The molecular formula is C23H26N6O3. The summed E-state index contributed by atoms with van der Waals surface area (Å²) >= 11 is 0. The molecular weight excluding hydrogens is 408 g/mol. The molecule has 1 unspecified atom stereocenters. The number of fused-ring (bicyclic) bond motifs is 1. The van der Waals surface area contributed by atoms with E-state index in [1.807, 2.05) is 23.9 Å². The van der Waals surface area contributed by atoms with Gasteiger partial charge in [0.15, 0.2) is 0 Å². The third-order valence-corrected chi connectivity index (χ3v) is 4.98. The van der Waals surface area contributed by atoms with E-state index in [4.69, 9.17) is 27.0 Å². The molecule has 0 aliphatic carbocycles. The lowest BCUT2D eigenvalue weighted by atomic mass is 10.1. The van der Waals surface area contributed by atoms with Crippen LogP contribution in [0, 0.1) is 10.8 Å². The lowest BCUT2D eigenvalue weighted by Gasteiger charge is -2.10. The highest BCUT2D eigenvalue weighted by Gasteiger charge is 2.17. The van der Waals surface area contributed by atoms with Crippen molar-refractivity contribution >= 4 is 34.4 Å². The highest BCUT2D eigenvalue weighted by atomic mass is 16.6. The number of nitrogen functional groups attached to an aromatic ring is 2. The molecule has 9 nitrogen and oxygen atoms in total. The number of aliphatic hydroxyl groups excluding tert-OH is 1. The molecule has 166 valence electrons. The van der Waals surface area contributed by atoms with Gasteiger partial charge in [-0.3, -0.25) is 15.6 Å². The summed E-state index contributed by atoms with van der Waals surface area (Å²) in [5.74, 6) is -0.709. The number of aryl methyl sites for hydroxylation is 1. The van der Waals surface area contributed by atoms with Crippen LogP contribution in [0.4, 0.5) is 0 Å². The van der Waals surface area contributed by atoms with Gasteiger partial charge in [-0.25, -0.2) is 4.99 Å². The van der Waals surface area contributed by atoms with Crippen molar-refractivity contribution in [2.24, 2.45) is 23.5 Å². The Labute approximate surface area is 185 Å². The van der Waals surface area contributed by atoms with Gasteiger partial charge in [-0.05, 0) is 36.2 Å². The molecule has 0 spiro atoms. The van der Waals surface area contributed by atoms with Crippen LogP contribution in [0.5, 0.6) is 0 Å². The molecule has 0 saturated carbocycles. The maximum absolute atomic E-state index is 12.6. The maximum Gasteiger partial charge on any atom is 0.316 e. The summed E-state index contributed by atoms with van der Waals surface area (Å²) in [4.78, 5) is 16.8. The summed E-state index contributed by atoms with van der Waals surface area (Å²) in [6, 6.07) is 12.3. The first-order valence-electron chi connectivity index (χ1n) is 9.94. The second kappa shape index (κ2) is 9.44. The van der Waals surface area contributed by atoms with Crippen LogP contribution in [0.2, 0.25) is 0 Å². The third-order valence-electron chi connectivity index (χ3n) is 4.98. The number of hydrogen-bond donors (Lipinski definition) is 5. The number of amidine groups is 2. The number of esters is 1. The fraction of sp³-hybridized carbons (Fsp3) is 0.217. The maximum atomic E-state index is 12.6. The van der Waals surface area contributed by atoms with Crippen molar-refractivity contribution in [2.75, 3.05) is 0 Å². The molecule has 0 aliphatic heterocycles. The number of aliphatic imine (C=N–C) groups is 1. The van der Waals surface area contributed by atoms with E-state index in [2.05, 4.69) is 4.99 Å². The van der Waals surface area contributed by atoms with Crippen molar-refractivity contribution in [3.05, 3.63) is 70.9 Å². The predicted octanol–water partition coefficient (Wildman–Crippen LogP) is 1.81. The molecule has 3 rings (SSSR count). The van der Waals surface area contributed by atoms with Crippen molar-refractivity contribution in [3.63, 3.8) is 0 Å². The molecule has 7 N–H and O–H groups in total. The molecule has 3 aromatic rings. The van der Waals surface area contributed by atoms with E-state index in [9.17, 15) is 9.90 Å². The molecule has 9 heteroatoms. The van der Waals surface area contributed by atoms with Gasteiger partial charge in [-0.2, -0.15) is 0 Å². The van der Waals surface area contributed by atoms with Gasteiger partial charge >= 0.3 is 5.97 Å². The quantitative estimate of drug-likeness (QED) is 0.217. The minimum Gasteiger partial charge on any atom is -0.409 e. The number of hydrogen-bond acceptors (Lipinski definition) is 6. The lowest BCUT2D eigenvalue weighted by Crippen LogP contribution is -2.24. The first kappa shape index (κ1) is 22.7. The van der Waals surface area contributed by atoms with Crippen LogP contribution in [-0.2, 0) is 29.5 Å². The Morgan fingerprint density at radius 3 is 2.34 bits per heavy atom. The summed E-state index contributed by atoms with van der Waals surface area (Å²) in [7, 11) is 1.87. The molecule has 1 atom stereocenters. The van der Waals surface area contributed by atoms with Gasteiger partial charge in [0.05, 0.1) is 13.0 Å². The zero-order valence-corrected chi connectivity index (χ0v) is 17.9. The van der Waals surface area contributed by atoms with Gasteiger partial charge in [0.2, 0.25) is 5.90 Å². The van der Waals surface area contributed by atoms with Gasteiger partial charge in [-0.15, -0.1) is 0 Å². The summed E-state index contributed by atoms with van der Waals surface area (Å²) in [5.41, 5.74) is 14.6. The van der Waals surface area contributed by atoms with Crippen molar-refractivity contribution in [1.29, 1.82) is 10.8 Å². The van der Waals surface area contributed by atoms with Gasteiger partial charge < -0.3 is 25.9 Å². The third kappa shape index (κ3) is 5.19. The van der Waals surface area contributed by atoms with Gasteiger partial charge in [0, 0.05) is 35.3 Å². The molecule has 2 aromatic carbocycles. The number of nitrogens with one attached hydrogen (secondary N) is 2. The van der Waals surface area contributed by atoms with Crippen LogP contribution in [0.25, 0.3) is 10.9 Å². The molecule has 0 saturated heterocycles. The molecule has 0 bridgehead atoms. The summed E-state index contributed by atoms with van der Waals surface area (Å²) < 4.78 is 7.25. The Kier molecular flexibility index (Phi) is 6.70. The molecule has 0 radical (unpaired) electrons. The van der Waals surface area contributed by atoms with Crippen molar-refractivity contribution < 1.29 is 14.6 Å². The number of nitrogens with two attached hydrogens (primary N) is 2. The van der Waals surface area contributed by atoms with Gasteiger partial charge in [0.1, 0.15) is 17.8 Å². The fourth-order valence-corrected chi connectivity index (χ4v) is 3.30. The van der Waals surface area contributed by atoms with Crippen LogP contribution in [0.1, 0.15) is 29.2 Å². The number of carbonyl (C=O) groups is 1. The van der Waals surface area contributed by atoms with E-state index in [-0.39, 0.29) is 30.5 Å². The van der Waals surface area contributed by atoms with E-state index in [0.29, 0.717) is 11.1 Å². The topological polar surface area (TPSA) is 164 Å². The largest absolute Gasteiger partial charge is 0.409 e. The minimum atomic E-state index is -1.06. The normalized spacial score (nSPS) is 12.5. The number of nitrogens with zero attached hydrogens (tertiary/aromatic N) is 2. The molecule has 1 heterocycles. The molecule has 1 aromatic heterocycles. The smallest absolute Gasteiger partial charge is 0.316 e. The molecule has 32 heavy (non-hydrogen) atoms. The molecule has 0 amide bonds. The van der Waals surface area contributed by atoms with Crippen LogP contribution >= 0.6 is 0 Å². The minimum absolute atomic E-state index is 0.0255. The zero-order chi connectivity index (χ0) is 23.4. The monoisotopic (exact) mass is 434 g/mol. The number of rotatable bonds is 7. The van der Waals surface area contributed by atoms with Crippen LogP contribution < -0.4 is 11.5 Å². The lowest BCUT2D eigenvalue weighted by molar-refractivity contribution is -0.135. The Morgan fingerprint density at radius 2 is 1.75 bits per heavy atom. The first-order valence-corrected chi connectivity index (χ1v) is 9.94. The first-order chi connectivity index (χ1) is 15.2. The van der Waals surface area contributed by atoms with E-state index in [1.165, 1.54) is 6.92 Å². The second-order valence-electron chi connectivity index (χ2n) is 7.50. The van der Waals surface area contributed by atoms with E-state index in [0.717, 1.165) is 22.0 Å². The van der Waals surface area contributed by atoms with Gasteiger partial charge in [-0.1, -0.05) is 24.3 Å². The van der Waals surface area contributed by atoms with E-state index < -0.39 is 12.1 Å². The number of benzene rings is 2. The fourth-order valence-electron chi connectivity index (χ4n) is 3.30. The number of ether oxygens (including phenoxy) is 1. The predicted molar refractivity (Wildman–Crippen MR) is 124 cm³/mol. The highest BCUT2D eigenvalue weighted by molar-refractivity contribution is 6.00.